The molecule has 0 spiro atoms. The van der Waals surface area contributed by atoms with Gasteiger partial charge in [-0.2, -0.15) is 0 Å². The molecule has 1 aliphatic heterocycles. The van der Waals surface area contributed by atoms with Crippen molar-refractivity contribution in [2.75, 3.05) is 6.54 Å². The lowest BCUT2D eigenvalue weighted by atomic mass is 9.95. The predicted octanol–water partition coefficient (Wildman–Crippen LogP) is 2.31. The van der Waals surface area contributed by atoms with Gasteiger partial charge in [-0.05, 0) is 31.4 Å². The fourth-order valence-corrected chi connectivity index (χ4v) is 2.88. The van der Waals surface area contributed by atoms with Crippen LogP contribution in [0.1, 0.15) is 42.5 Å². The minimum Gasteiger partial charge on any atom is -0.334 e. The van der Waals surface area contributed by atoms with Crippen LogP contribution in [-0.4, -0.2) is 23.4 Å². The maximum Gasteiger partial charge on any atom is 0.224 e. The molecule has 3 nitrogen and oxygen atoms in total. The maximum atomic E-state index is 12.0. The van der Waals surface area contributed by atoms with Crippen LogP contribution in [0.2, 0.25) is 0 Å². The number of hydrogen-bond acceptors (Lipinski definition) is 2. The van der Waals surface area contributed by atoms with Gasteiger partial charge in [0.1, 0.15) is 0 Å². The fourth-order valence-electron chi connectivity index (χ4n) is 2.88. The van der Waals surface area contributed by atoms with Gasteiger partial charge in [0.05, 0.1) is 6.04 Å². The summed E-state index contributed by atoms with van der Waals surface area (Å²) in [6.07, 6.45) is 1.44. The number of amides is 1. The van der Waals surface area contributed by atoms with Gasteiger partial charge < -0.3 is 10.6 Å². The summed E-state index contributed by atoms with van der Waals surface area (Å²) in [6.45, 7) is 7.07. The van der Waals surface area contributed by atoms with Crippen molar-refractivity contribution < 1.29 is 4.79 Å². The molecule has 3 heteroatoms. The Balaban J connectivity index is 2.37. The molecule has 0 aliphatic carbocycles. The van der Waals surface area contributed by atoms with Gasteiger partial charge in [-0.3, -0.25) is 4.79 Å². The summed E-state index contributed by atoms with van der Waals surface area (Å²) in [5.74, 6) is 0.189. The number of benzene rings is 1. The first-order valence-corrected chi connectivity index (χ1v) is 6.66. The highest BCUT2D eigenvalue weighted by molar-refractivity contribution is 5.80. The van der Waals surface area contributed by atoms with Crippen molar-refractivity contribution in [1.82, 2.24) is 4.90 Å². The minimum absolute atomic E-state index is 0.0537. The second-order valence-corrected chi connectivity index (χ2v) is 5.26. The molecule has 1 heterocycles. The lowest BCUT2D eigenvalue weighted by Crippen LogP contribution is -2.34. The molecule has 1 aromatic rings. The van der Waals surface area contributed by atoms with Gasteiger partial charge in [-0.25, -0.2) is 0 Å². The maximum absolute atomic E-state index is 12.0. The summed E-state index contributed by atoms with van der Waals surface area (Å²) in [7, 11) is 0. The zero-order valence-corrected chi connectivity index (χ0v) is 11.4. The molecule has 2 rings (SSSR count). The molecule has 0 aromatic heterocycles. The molecule has 0 bridgehead atoms. The summed E-state index contributed by atoms with van der Waals surface area (Å²) in [6, 6.07) is 6.36. The molecule has 1 aliphatic rings. The average Bonchev–Trinajstić information content (AvgIpc) is 2.56. The van der Waals surface area contributed by atoms with Crippen LogP contribution in [0.3, 0.4) is 0 Å². The standard InChI is InChI=1S/C15H22N2O/c1-4-7-17-14(18)9-13(16)15(17)12-6-5-10(2)8-11(12)3/h5-6,8,13,15H,4,7,9,16H2,1-3H3. The van der Waals surface area contributed by atoms with Crippen LogP contribution in [0.15, 0.2) is 18.2 Å². The molecule has 18 heavy (non-hydrogen) atoms. The Morgan fingerprint density at radius 3 is 2.72 bits per heavy atom. The van der Waals surface area contributed by atoms with E-state index < -0.39 is 0 Å². The van der Waals surface area contributed by atoms with Crippen molar-refractivity contribution in [3.8, 4) is 0 Å². The molecule has 1 aromatic carbocycles. The predicted molar refractivity (Wildman–Crippen MR) is 73.3 cm³/mol. The van der Waals surface area contributed by atoms with Crippen molar-refractivity contribution in [2.24, 2.45) is 5.73 Å². The number of nitrogens with zero attached hydrogens (tertiary/aromatic N) is 1. The molecule has 98 valence electrons. The van der Waals surface area contributed by atoms with Crippen molar-refractivity contribution in [3.05, 3.63) is 34.9 Å². The van der Waals surface area contributed by atoms with Gasteiger partial charge >= 0.3 is 0 Å². The molecular formula is C15H22N2O. The third kappa shape index (κ3) is 2.27. The second kappa shape index (κ2) is 5.11. The Labute approximate surface area is 109 Å². The normalized spacial score (nSPS) is 23.8. The number of rotatable bonds is 3. The van der Waals surface area contributed by atoms with Crippen LogP contribution in [-0.2, 0) is 4.79 Å². The molecule has 1 amide bonds. The van der Waals surface area contributed by atoms with Gasteiger partial charge in [0.25, 0.3) is 0 Å². The number of nitrogens with two attached hydrogens (primary N) is 1. The van der Waals surface area contributed by atoms with Crippen LogP contribution in [0.4, 0.5) is 0 Å². The first-order valence-electron chi connectivity index (χ1n) is 6.66. The van der Waals surface area contributed by atoms with Crippen molar-refractivity contribution in [2.45, 2.75) is 45.7 Å². The largest absolute Gasteiger partial charge is 0.334 e. The van der Waals surface area contributed by atoms with Crippen molar-refractivity contribution >= 4 is 5.91 Å². The van der Waals surface area contributed by atoms with Gasteiger partial charge in [-0.1, -0.05) is 30.7 Å². The fraction of sp³-hybridized carbons (Fsp3) is 0.533. The summed E-state index contributed by atoms with van der Waals surface area (Å²) in [5.41, 5.74) is 9.84. The van der Waals surface area contributed by atoms with Crippen molar-refractivity contribution in [1.29, 1.82) is 0 Å². The van der Waals surface area contributed by atoms with Gasteiger partial charge in [0.15, 0.2) is 0 Å². The smallest absolute Gasteiger partial charge is 0.224 e. The van der Waals surface area contributed by atoms with Crippen LogP contribution < -0.4 is 5.73 Å². The van der Waals surface area contributed by atoms with Crippen LogP contribution >= 0.6 is 0 Å². The van der Waals surface area contributed by atoms with E-state index in [2.05, 4.69) is 39.0 Å². The van der Waals surface area contributed by atoms with Gasteiger partial charge in [0.2, 0.25) is 5.91 Å². The SMILES string of the molecule is CCCN1C(=O)CC(N)C1c1ccc(C)cc1C. The summed E-state index contributed by atoms with van der Waals surface area (Å²) in [4.78, 5) is 13.9. The Morgan fingerprint density at radius 2 is 2.11 bits per heavy atom. The molecule has 2 N–H and O–H groups in total. The van der Waals surface area contributed by atoms with E-state index in [4.69, 9.17) is 5.73 Å². The number of hydrogen-bond donors (Lipinski definition) is 1. The highest BCUT2D eigenvalue weighted by Crippen LogP contribution is 2.34. The first kappa shape index (κ1) is 13.1. The van der Waals surface area contributed by atoms with E-state index in [1.165, 1.54) is 16.7 Å². The topological polar surface area (TPSA) is 46.3 Å². The van der Waals surface area contributed by atoms with Gasteiger partial charge in [0, 0.05) is 19.0 Å². The molecule has 0 radical (unpaired) electrons. The van der Waals surface area contributed by atoms with Crippen LogP contribution in [0.5, 0.6) is 0 Å². The lowest BCUT2D eigenvalue weighted by Gasteiger charge is -2.28. The van der Waals surface area contributed by atoms with E-state index in [1.807, 2.05) is 4.90 Å². The lowest BCUT2D eigenvalue weighted by molar-refractivity contribution is -0.129. The number of carbonyl (C=O) groups excluding carboxylic acids is 1. The van der Waals surface area contributed by atoms with Crippen molar-refractivity contribution in [3.63, 3.8) is 0 Å². The molecule has 1 saturated heterocycles. The third-order valence-corrected chi connectivity index (χ3v) is 3.68. The summed E-state index contributed by atoms with van der Waals surface area (Å²) < 4.78 is 0. The van der Waals surface area contributed by atoms with E-state index in [0.29, 0.717) is 6.42 Å². The Hall–Kier alpha value is -1.35. The Kier molecular flexibility index (Phi) is 3.71. The number of aryl methyl sites for hydroxylation is 2. The van der Waals surface area contributed by atoms with E-state index >= 15 is 0 Å². The molecule has 2 atom stereocenters. The molecule has 0 saturated carbocycles. The van der Waals surface area contributed by atoms with E-state index in [9.17, 15) is 4.79 Å². The Morgan fingerprint density at radius 1 is 1.39 bits per heavy atom. The minimum atomic E-state index is -0.0783. The van der Waals surface area contributed by atoms with Crippen LogP contribution in [0, 0.1) is 13.8 Å². The first-order chi connectivity index (χ1) is 8.54. The van der Waals surface area contributed by atoms with Gasteiger partial charge in [-0.15, -0.1) is 0 Å². The molecule has 2 unspecified atom stereocenters. The number of carbonyl (C=O) groups is 1. The summed E-state index contributed by atoms with van der Waals surface area (Å²) >= 11 is 0. The molecular weight excluding hydrogens is 224 g/mol. The highest BCUT2D eigenvalue weighted by Gasteiger charge is 2.38. The van der Waals surface area contributed by atoms with E-state index in [0.717, 1.165) is 13.0 Å². The average molecular weight is 246 g/mol. The Bertz CT molecular complexity index is 456. The zero-order chi connectivity index (χ0) is 13.3. The van der Waals surface area contributed by atoms with Crippen LogP contribution in [0.25, 0.3) is 0 Å². The summed E-state index contributed by atoms with van der Waals surface area (Å²) in [5, 5.41) is 0. The zero-order valence-electron chi connectivity index (χ0n) is 11.4. The second-order valence-electron chi connectivity index (χ2n) is 5.26. The van der Waals surface area contributed by atoms with E-state index in [1.54, 1.807) is 0 Å². The van der Waals surface area contributed by atoms with E-state index in [-0.39, 0.29) is 18.0 Å². The third-order valence-electron chi connectivity index (χ3n) is 3.68. The highest BCUT2D eigenvalue weighted by atomic mass is 16.2. The number of likely N-dealkylation sites (tertiary alicyclic amines) is 1. The monoisotopic (exact) mass is 246 g/mol. The quantitative estimate of drug-likeness (QED) is 0.889. The molecule has 1 fully saturated rings.